The van der Waals surface area contributed by atoms with E-state index in [0.29, 0.717) is 5.41 Å². The summed E-state index contributed by atoms with van der Waals surface area (Å²) < 4.78 is 5.34. The fourth-order valence-electron chi connectivity index (χ4n) is 3.76. The average Bonchev–Trinajstić information content (AvgIpc) is 3.10. The fraction of sp³-hybridized carbons (Fsp3) is 0.647. The van der Waals surface area contributed by atoms with Gasteiger partial charge in [0.25, 0.3) is 0 Å². The smallest absolute Gasteiger partial charge is 0.119 e. The number of nitrogens with one attached hydrogen (secondary N) is 1. The summed E-state index contributed by atoms with van der Waals surface area (Å²) in [6.07, 6.45) is 3.79. The number of ether oxygens (including phenoxy) is 1. The van der Waals surface area contributed by atoms with Gasteiger partial charge in [-0.05, 0) is 61.0 Å². The van der Waals surface area contributed by atoms with Crippen molar-refractivity contribution < 1.29 is 4.74 Å². The summed E-state index contributed by atoms with van der Waals surface area (Å²) in [5.41, 5.74) is 3.46. The summed E-state index contributed by atoms with van der Waals surface area (Å²) >= 11 is 0. The van der Waals surface area contributed by atoms with E-state index in [9.17, 15) is 0 Å². The van der Waals surface area contributed by atoms with Crippen LogP contribution in [0.2, 0.25) is 0 Å². The molecular formula is C17H26N2O. The van der Waals surface area contributed by atoms with Gasteiger partial charge in [-0.1, -0.05) is 13.0 Å². The van der Waals surface area contributed by atoms with Crippen LogP contribution < -0.4 is 10.1 Å². The third-order valence-electron chi connectivity index (χ3n) is 5.04. The number of hydrogen-bond donors (Lipinski definition) is 1. The Morgan fingerprint density at radius 2 is 2.20 bits per heavy atom. The van der Waals surface area contributed by atoms with E-state index in [1.807, 2.05) is 0 Å². The van der Waals surface area contributed by atoms with Crippen LogP contribution in [-0.4, -0.2) is 38.2 Å². The maximum absolute atomic E-state index is 5.34. The molecule has 20 heavy (non-hydrogen) atoms. The molecule has 110 valence electrons. The number of benzene rings is 1. The van der Waals surface area contributed by atoms with Crippen molar-refractivity contribution in [1.82, 2.24) is 10.2 Å². The molecule has 1 aromatic carbocycles. The number of rotatable bonds is 4. The number of likely N-dealkylation sites (tertiary alicyclic amines) is 1. The molecule has 2 fully saturated rings. The highest BCUT2D eigenvalue weighted by Gasteiger charge is 2.40. The Bertz CT molecular complexity index is 466. The first-order valence-electron chi connectivity index (χ1n) is 7.83. The standard InChI is InChI=1S/C17H26N2O/c1-3-14-10-16(20-2)5-4-15(14)11-19-9-7-17(13-19)6-8-18-12-17/h4-5,10,18H,3,6-9,11-13H2,1-2H3. The highest BCUT2D eigenvalue weighted by molar-refractivity contribution is 5.35. The van der Waals surface area contributed by atoms with Crippen LogP contribution in [0.3, 0.4) is 0 Å². The SMILES string of the molecule is CCc1cc(OC)ccc1CN1CCC2(CCNC2)C1. The molecule has 2 saturated heterocycles. The highest BCUT2D eigenvalue weighted by atomic mass is 16.5. The third-order valence-corrected chi connectivity index (χ3v) is 5.04. The van der Waals surface area contributed by atoms with Gasteiger partial charge < -0.3 is 10.1 Å². The number of hydrogen-bond acceptors (Lipinski definition) is 3. The largest absolute Gasteiger partial charge is 0.497 e. The Morgan fingerprint density at radius 1 is 1.30 bits per heavy atom. The maximum atomic E-state index is 5.34. The minimum atomic E-state index is 0.568. The molecule has 0 amide bonds. The predicted octanol–water partition coefficient (Wildman–Crippen LogP) is 2.44. The van der Waals surface area contributed by atoms with Gasteiger partial charge in [0.2, 0.25) is 0 Å². The Kier molecular flexibility index (Phi) is 3.99. The Hall–Kier alpha value is -1.06. The van der Waals surface area contributed by atoms with Crippen molar-refractivity contribution in [3.05, 3.63) is 29.3 Å². The van der Waals surface area contributed by atoms with E-state index in [4.69, 9.17) is 4.74 Å². The monoisotopic (exact) mass is 274 g/mol. The zero-order valence-corrected chi connectivity index (χ0v) is 12.7. The van der Waals surface area contributed by atoms with Gasteiger partial charge in [0.05, 0.1) is 7.11 Å². The second-order valence-corrected chi connectivity index (χ2v) is 6.38. The molecule has 1 N–H and O–H groups in total. The van der Waals surface area contributed by atoms with Gasteiger partial charge in [-0.15, -0.1) is 0 Å². The van der Waals surface area contributed by atoms with E-state index in [2.05, 4.69) is 35.3 Å². The van der Waals surface area contributed by atoms with Gasteiger partial charge >= 0.3 is 0 Å². The Labute approximate surface area is 122 Å². The summed E-state index contributed by atoms with van der Waals surface area (Å²) in [5, 5.41) is 3.53. The quantitative estimate of drug-likeness (QED) is 0.912. The summed E-state index contributed by atoms with van der Waals surface area (Å²) in [6.45, 7) is 8.24. The predicted molar refractivity (Wildman–Crippen MR) is 82.2 cm³/mol. The van der Waals surface area contributed by atoms with Crippen LogP contribution in [0.4, 0.5) is 0 Å². The number of methoxy groups -OCH3 is 1. The second-order valence-electron chi connectivity index (χ2n) is 6.38. The van der Waals surface area contributed by atoms with E-state index in [0.717, 1.165) is 18.7 Å². The van der Waals surface area contributed by atoms with Crippen molar-refractivity contribution in [2.45, 2.75) is 32.7 Å². The molecule has 0 radical (unpaired) electrons. The molecule has 3 nitrogen and oxygen atoms in total. The first-order valence-corrected chi connectivity index (χ1v) is 7.83. The minimum Gasteiger partial charge on any atom is -0.497 e. The van der Waals surface area contributed by atoms with Gasteiger partial charge in [-0.2, -0.15) is 0 Å². The zero-order chi connectivity index (χ0) is 14.0. The van der Waals surface area contributed by atoms with E-state index < -0.39 is 0 Å². The lowest BCUT2D eigenvalue weighted by Crippen LogP contribution is -2.29. The molecule has 2 heterocycles. The van der Waals surface area contributed by atoms with Crippen LogP contribution in [0, 0.1) is 5.41 Å². The molecule has 3 heteroatoms. The number of nitrogens with zero attached hydrogens (tertiary/aromatic N) is 1. The van der Waals surface area contributed by atoms with Gasteiger partial charge in [0.15, 0.2) is 0 Å². The van der Waals surface area contributed by atoms with Crippen LogP contribution in [0.15, 0.2) is 18.2 Å². The van der Waals surface area contributed by atoms with Gasteiger partial charge in [-0.25, -0.2) is 0 Å². The average molecular weight is 274 g/mol. The molecule has 2 aliphatic heterocycles. The Morgan fingerprint density at radius 3 is 2.90 bits per heavy atom. The zero-order valence-electron chi connectivity index (χ0n) is 12.7. The lowest BCUT2D eigenvalue weighted by molar-refractivity contribution is 0.268. The summed E-state index contributed by atoms with van der Waals surface area (Å²) in [6, 6.07) is 6.53. The van der Waals surface area contributed by atoms with Crippen LogP contribution in [0.5, 0.6) is 5.75 Å². The fourth-order valence-corrected chi connectivity index (χ4v) is 3.76. The first-order chi connectivity index (χ1) is 9.74. The molecule has 0 saturated carbocycles. The van der Waals surface area contributed by atoms with Gasteiger partial charge in [-0.3, -0.25) is 4.90 Å². The van der Waals surface area contributed by atoms with Gasteiger partial charge in [0.1, 0.15) is 5.75 Å². The topological polar surface area (TPSA) is 24.5 Å². The van der Waals surface area contributed by atoms with Crippen LogP contribution in [0.25, 0.3) is 0 Å². The van der Waals surface area contributed by atoms with E-state index >= 15 is 0 Å². The molecule has 1 aromatic rings. The van der Waals surface area contributed by atoms with Crippen molar-refractivity contribution in [3.63, 3.8) is 0 Å². The van der Waals surface area contributed by atoms with Crippen LogP contribution in [-0.2, 0) is 13.0 Å². The lowest BCUT2D eigenvalue weighted by Gasteiger charge is -2.23. The van der Waals surface area contributed by atoms with Crippen LogP contribution >= 0.6 is 0 Å². The molecular weight excluding hydrogens is 248 g/mol. The molecule has 3 rings (SSSR count). The Balaban J connectivity index is 1.69. The first kappa shape index (κ1) is 13.9. The molecule has 2 aliphatic rings. The molecule has 0 aliphatic carbocycles. The normalized spacial score (nSPS) is 26.5. The van der Waals surface area contributed by atoms with E-state index in [-0.39, 0.29) is 0 Å². The summed E-state index contributed by atoms with van der Waals surface area (Å²) in [5.74, 6) is 0.975. The number of aryl methyl sites for hydroxylation is 1. The molecule has 1 atom stereocenters. The molecule has 1 unspecified atom stereocenters. The lowest BCUT2D eigenvalue weighted by atomic mass is 9.86. The van der Waals surface area contributed by atoms with Crippen molar-refractivity contribution in [2.24, 2.45) is 5.41 Å². The minimum absolute atomic E-state index is 0.568. The van der Waals surface area contributed by atoms with Crippen molar-refractivity contribution in [2.75, 3.05) is 33.3 Å². The third kappa shape index (κ3) is 2.70. The van der Waals surface area contributed by atoms with E-state index in [1.54, 1.807) is 7.11 Å². The molecule has 0 aromatic heterocycles. The van der Waals surface area contributed by atoms with Gasteiger partial charge in [0, 0.05) is 19.6 Å². The van der Waals surface area contributed by atoms with Crippen LogP contribution in [0.1, 0.15) is 30.9 Å². The second kappa shape index (κ2) is 5.74. The molecule has 1 spiro atoms. The molecule has 0 bridgehead atoms. The van der Waals surface area contributed by atoms with Crippen molar-refractivity contribution in [3.8, 4) is 5.75 Å². The van der Waals surface area contributed by atoms with Crippen molar-refractivity contribution >= 4 is 0 Å². The highest BCUT2D eigenvalue weighted by Crippen LogP contribution is 2.36. The summed E-state index contributed by atoms with van der Waals surface area (Å²) in [7, 11) is 1.74. The summed E-state index contributed by atoms with van der Waals surface area (Å²) in [4.78, 5) is 2.63. The maximum Gasteiger partial charge on any atom is 0.119 e. The van der Waals surface area contributed by atoms with Crippen molar-refractivity contribution in [1.29, 1.82) is 0 Å². The van der Waals surface area contributed by atoms with E-state index in [1.165, 1.54) is 50.1 Å².